The van der Waals surface area contributed by atoms with E-state index in [1.54, 1.807) is 16.4 Å². The van der Waals surface area contributed by atoms with Gasteiger partial charge in [-0.3, -0.25) is 0 Å². The van der Waals surface area contributed by atoms with Crippen molar-refractivity contribution in [2.24, 2.45) is 0 Å². The van der Waals surface area contributed by atoms with E-state index >= 15 is 0 Å². The Morgan fingerprint density at radius 3 is 2.38 bits per heavy atom. The van der Waals surface area contributed by atoms with Gasteiger partial charge in [0.05, 0.1) is 37.6 Å². The monoisotopic (exact) mass is 345 g/mol. The number of nitrogens with zero attached hydrogens (tertiary/aromatic N) is 1. The van der Waals surface area contributed by atoms with Gasteiger partial charge in [0.2, 0.25) is 10.0 Å². The SMILES string of the molecule is CCc1ccc(S(=O)(=O)N2CC[NH+](C)C[C@@H]2c2ccccc2)cc1. The normalized spacial score (nSPS) is 22.4. The molecular formula is C19H25N2O2S+. The van der Waals surface area contributed by atoms with Crippen molar-refractivity contribution in [2.75, 3.05) is 26.7 Å². The van der Waals surface area contributed by atoms with Gasteiger partial charge < -0.3 is 4.90 Å². The molecule has 1 aliphatic heterocycles. The van der Waals surface area contributed by atoms with Gasteiger partial charge in [-0.1, -0.05) is 49.4 Å². The molecule has 1 saturated heterocycles. The summed E-state index contributed by atoms with van der Waals surface area (Å²) >= 11 is 0. The van der Waals surface area contributed by atoms with E-state index in [0.717, 1.165) is 30.6 Å². The maximum absolute atomic E-state index is 13.2. The van der Waals surface area contributed by atoms with Gasteiger partial charge in [-0.15, -0.1) is 0 Å². The molecule has 24 heavy (non-hydrogen) atoms. The van der Waals surface area contributed by atoms with Crippen molar-refractivity contribution in [3.63, 3.8) is 0 Å². The van der Waals surface area contributed by atoms with Gasteiger partial charge in [0.25, 0.3) is 0 Å². The van der Waals surface area contributed by atoms with Gasteiger partial charge in [0, 0.05) is 0 Å². The lowest BCUT2D eigenvalue weighted by Gasteiger charge is -2.37. The lowest BCUT2D eigenvalue weighted by molar-refractivity contribution is -0.887. The molecule has 0 aliphatic carbocycles. The van der Waals surface area contributed by atoms with Gasteiger partial charge >= 0.3 is 0 Å². The highest BCUT2D eigenvalue weighted by molar-refractivity contribution is 7.89. The molecule has 1 heterocycles. The lowest BCUT2D eigenvalue weighted by Crippen LogP contribution is -3.12. The van der Waals surface area contributed by atoms with E-state index in [9.17, 15) is 8.42 Å². The van der Waals surface area contributed by atoms with Gasteiger partial charge in [0.1, 0.15) is 0 Å². The van der Waals surface area contributed by atoms with Crippen LogP contribution in [0.4, 0.5) is 0 Å². The summed E-state index contributed by atoms with van der Waals surface area (Å²) in [5, 5.41) is 0. The minimum absolute atomic E-state index is 0.115. The zero-order chi connectivity index (χ0) is 17.2. The summed E-state index contributed by atoms with van der Waals surface area (Å²) in [7, 11) is -1.37. The van der Waals surface area contributed by atoms with E-state index in [0.29, 0.717) is 11.4 Å². The smallest absolute Gasteiger partial charge is 0.244 e. The predicted molar refractivity (Wildman–Crippen MR) is 95.5 cm³/mol. The second-order valence-corrected chi connectivity index (χ2v) is 8.34. The standard InChI is InChI=1S/C19H24N2O2S/c1-3-16-9-11-18(12-10-16)24(22,23)21-14-13-20(2)15-19(21)17-7-5-4-6-8-17/h4-12,19H,3,13-15H2,1-2H3/p+1/t19-/m1/s1. The molecule has 3 rings (SSSR count). The second kappa shape index (κ2) is 7.05. The third-order valence-electron chi connectivity index (χ3n) is 4.77. The van der Waals surface area contributed by atoms with E-state index in [4.69, 9.17) is 0 Å². The molecule has 1 fully saturated rings. The summed E-state index contributed by atoms with van der Waals surface area (Å²) in [6.45, 7) is 4.23. The average Bonchev–Trinajstić information content (AvgIpc) is 2.62. The molecule has 128 valence electrons. The van der Waals surface area contributed by atoms with E-state index in [-0.39, 0.29) is 6.04 Å². The number of piperazine rings is 1. The van der Waals surface area contributed by atoms with Crippen molar-refractivity contribution >= 4 is 10.0 Å². The number of likely N-dealkylation sites (N-methyl/N-ethyl adjacent to an activating group) is 1. The fraction of sp³-hybridized carbons (Fsp3) is 0.368. The Morgan fingerprint density at radius 2 is 1.75 bits per heavy atom. The van der Waals surface area contributed by atoms with Crippen LogP contribution in [0.1, 0.15) is 24.1 Å². The molecule has 1 aliphatic rings. The lowest BCUT2D eigenvalue weighted by atomic mass is 10.1. The Kier molecular flexibility index (Phi) is 5.04. The fourth-order valence-corrected chi connectivity index (χ4v) is 4.88. The number of rotatable bonds is 4. The topological polar surface area (TPSA) is 41.8 Å². The molecule has 0 radical (unpaired) electrons. The highest BCUT2D eigenvalue weighted by atomic mass is 32.2. The van der Waals surface area contributed by atoms with Crippen LogP contribution >= 0.6 is 0 Å². The summed E-state index contributed by atoms with van der Waals surface area (Å²) < 4.78 is 28.1. The number of quaternary nitrogens is 1. The Morgan fingerprint density at radius 1 is 1.08 bits per heavy atom. The number of benzene rings is 2. The Labute approximate surface area is 144 Å². The molecular weight excluding hydrogens is 320 g/mol. The molecule has 2 aromatic carbocycles. The number of hydrogen-bond donors (Lipinski definition) is 1. The first-order chi connectivity index (χ1) is 11.5. The molecule has 5 heteroatoms. The number of sulfonamides is 1. The maximum atomic E-state index is 13.2. The first-order valence-electron chi connectivity index (χ1n) is 8.49. The Bertz CT molecular complexity index is 773. The van der Waals surface area contributed by atoms with Crippen molar-refractivity contribution in [3.8, 4) is 0 Å². The summed E-state index contributed by atoms with van der Waals surface area (Å²) in [5.74, 6) is 0. The van der Waals surface area contributed by atoms with Gasteiger partial charge in [0.15, 0.2) is 0 Å². The quantitative estimate of drug-likeness (QED) is 0.913. The van der Waals surface area contributed by atoms with Crippen LogP contribution in [-0.2, 0) is 16.4 Å². The molecule has 0 spiro atoms. The third-order valence-corrected chi connectivity index (χ3v) is 6.69. The fourth-order valence-electron chi connectivity index (χ4n) is 3.27. The van der Waals surface area contributed by atoms with Crippen molar-refractivity contribution in [2.45, 2.75) is 24.3 Å². The highest BCUT2D eigenvalue weighted by Crippen LogP contribution is 2.28. The molecule has 0 saturated carbocycles. The summed E-state index contributed by atoms with van der Waals surface area (Å²) in [6.07, 6.45) is 0.908. The largest absolute Gasteiger partial charge is 0.335 e. The van der Waals surface area contributed by atoms with E-state index in [1.807, 2.05) is 42.5 Å². The van der Waals surface area contributed by atoms with Crippen molar-refractivity contribution in [1.29, 1.82) is 0 Å². The van der Waals surface area contributed by atoms with Crippen molar-refractivity contribution < 1.29 is 13.3 Å². The second-order valence-electron chi connectivity index (χ2n) is 6.45. The molecule has 1 N–H and O–H groups in total. The maximum Gasteiger partial charge on any atom is 0.244 e. The van der Waals surface area contributed by atoms with Crippen LogP contribution in [0.5, 0.6) is 0 Å². The highest BCUT2D eigenvalue weighted by Gasteiger charge is 2.38. The zero-order valence-electron chi connectivity index (χ0n) is 14.3. The van der Waals surface area contributed by atoms with E-state index in [2.05, 4.69) is 14.0 Å². The van der Waals surface area contributed by atoms with Crippen LogP contribution < -0.4 is 4.90 Å². The minimum Gasteiger partial charge on any atom is -0.335 e. The van der Waals surface area contributed by atoms with E-state index in [1.165, 1.54) is 4.90 Å². The molecule has 0 amide bonds. The number of nitrogens with one attached hydrogen (secondary N) is 1. The van der Waals surface area contributed by atoms with Gasteiger partial charge in [-0.2, -0.15) is 4.31 Å². The minimum atomic E-state index is -3.49. The predicted octanol–water partition coefficient (Wildman–Crippen LogP) is 1.51. The Balaban J connectivity index is 1.97. The van der Waals surface area contributed by atoms with Gasteiger partial charge in [-0.25, -0.2) is 8.42 Å². The van der Waals surface area contributed by atoms with Gasteiger partial charge in [-0.05, 0) is 29.7 Å². The number of aryl methyl sites for hydroxylation is 1. The van der Waals surface area contributed by atoms with E-state index < -0.39 is 10.0 Å². The van der Waals surface area contributed by atoms with Crippen molar-refractivity contribution in [3.05, 3.63) is 65.7 Å². The molecule has 4 nitrogen and oxygen atoms in total. The molecule has 2 aromatic rings. The first-order valence-corrected chi connectivity index (χ1v) is 9.93. The van der Waals surface area contributed by atoms with Crippen LogP contribution in [0.3, 0.4) is 0 Å². The molecule has 2 atom stereocenters. The van der Waals surface area contributed by atoms with Crippen LogP contribution in [0.15, 0.2) is 59.5 Å². The molecule has 1 unspecified atom stereocenters. The number of hydrogen-bond acceptors (Lipinski definition) is 2. The molecule has 0 bridgehead atoms. The van der Waals surface area contributed by atoms with Crippen molar-refractivity contribution in [1.82, 2.24) is 4.31 Å². The molecule has 0 aromatic heterocycles. The van der Waals surface area contributed by atoms with Crippen LogP contribution in [0.2, 0.25) is 0 Å². The summed E-state index contributed by atoms with van der Waals surface area (Å²) in [5.41, 5.74) is 2.21. The van der Waals surface area contributed by atoms with Crippen LogP contribution in [0, 0.1) is 0 Å². The first kappa shape index (κ1) is 17.1. The third kappa shape index (κ3) is 3.38. The van der Waals surface area contributed by atoms with Crippen LogP contribution in [-0.4, -0.2) is 39.4 Å². The summed E-state index contributed by atoms with van der Waals surface area (Å²) in [6, 6.07) is 17.1. The zero-order valence-corrected chi connectivity index (χ0v) is 15.1. The van der Waals surface area contributed by atoms with Crippen LogP contribution in [0.25, 0.3) is 0 Å². The Hall–Kier alpha value is -1.69. The average molecular weight is 345 g/mol. The summed E-state index contributed by atoms with van der Waals surface area (Å²) in [4.78, 5) is 1.75.